The Morgan fingerprint density at radius 3 is 1.19 bits per heavy atom. The highest BCUT2D eigenvalue weighted by Gasteiger charge is 2.10. The Bertz CT molecular complexity index is 1660. The van der Waals surface area contributed by atoms with Gasteiger partial charge in [-0.15, -0.1) is 0 Å². The largest absolute Gasteiger partial charge is 0.308 e. The second-order valence-electron chi connectivity index (χ2n) is 8.36. The SMILES string of the molecule is Cn1c(=O)c(-c2ccccc2)nc2ccccc21.Cn1c(=O)c(-c2ccccc2)nc2ccccc21. The molecule has 0 spiro atoms. The molecule has 0 bridgehead atoms. The van der Waals surface area contributed by atoms with E-state index in [1.54, 1.807) is 23.2 Å². The van der Waals surface area contributed by atoms with Gasteiger partial charge in [0.2, 0.25) is 0 Å². The summed E-state index contributed by atoms with van der Waals surface area (Å²) in [7, 11) is 3.55. The molecule has 0 N–H and O–H groups in total. The van der Waals surface area contributed by atoms with E-state index in [1.807, 2.05) is 109 Å². The minimum absolute atomic E-state index is 0.0695. The van der Waals surface area contributed by atoms with Crippen LogP contribution in [0.2, 0.25) is 0 Å². The van der Waals surface area contributed by atoms with Gasteiger partial charge in [-0.1, -0.05) is 84.9 Å². The molecule has 0 saturated heterocycles. The monoisotopic (exact) mass is 472 g/mol. The second-order valence-corrected chi connectivity index (χ2v) is 8.36. The van der Waals surface area contributed by atoms with Gasteiger partial charge >= 0.3 is 0 Å². The quantitative estimate of drug-likeness (QED) is 0.347. The predicted octanol–water partition coefficient (Wildman–Crippen LogP) is 5.20. The smallest absolute Gasteiger partial charge is 0.277 e. The molecule has 36 heavy (non-hydrogen) atoms. The number of aromatic nitrogens is 4. The molecule has 2 heterocycles. The van der Waals surface area contributed by atoms with Gasteiger partial charge in [0, 0.05) is 25.2 Å². The third-order valence-corrected chi connectivity index (χ3v) is 6.06. The van der Waals surface area contributed by atoms with Crippen molar-refractivity contribution < 1.29 is 0 Å². The van der Waals surface area contributed by atoms with E-state index in [-0.39, 0.29) is 11.1 Å². The Labute approximate surface area is 207 Å². The van der Waals surface area contributed by atoms with Crippen LogP contribution in [0.15, 0.2) is 119 Å². The van der Waals surface area contributed by atoms with E-state index in [9.17, 15) is 9.59 Å². The topological polar surface area (TPSA) is 69.8 Å². The summed E-state index contributed by atoms with van der Waals surface area (Å²) in [6, 6.07) is 34.4. The molecule has 6 nitrogen and oxygen atoms in total. The normalized spacial score (nSPS) is 10.7. The summed E-state index contributed by atoms with van der Waals surface area (Å²) < 4.78 is 3.29. The Hall–Kier alpha value is -4.84. The third kappa shape index (κ3) is 4.32. The van der Waals surface area contributed by atoms with Gasteiger partial charge in [-0.25, -0.2) is 9.97 Å². The Morgan fingerprint density at radius 1 is 0.472 bits per heavy atom. The number of hydrogen-bond donors (Lipinski definition) is 0. The maximum atomic E-state index is 12.3. The van der Waals surface area contributed by atoms with Crippen LogP contribution in [0.3, 0.4) is 0 Å². The minimum atomic E-state index is -0.0695. The molecular formula is C30H24N4O2. The lowest BCUT2D eigenvalue weighted by Crippen LogP contribution is -2.20. The van der Waals surface area contributed by atoms with Crippen LogP contribution in [0.1, 0.15) is 0 Å². The van der Waals surface area contributed by atoms with Crippen LogP contribution in [0.4, 0.5) is 0 Å². The first kappa shape index (κ1) is 22.9. The zero-order valence-corrected chi connectivity index (χ0v) is 20.0. The van der Waals surface area contributed by atoms with Gasteiger partial charge in [0.15, 0.2) is 0 Å². The number of hydrogen-bond acceptors (Lipinski definition) is 4. The van der Waals surface area contributed by atoms with Crippen molar-refractivity contribution in [3.8, 4) is 22.5 Å². The van der Waals surface area contributed by atoms with Crippen molar-refractivity contribution in [2.24, 2.45) is 14.1 Å². The van der Waals surface area contributed by atoms with E-state index in [0.29, 0.717) is 11.4 Å². The summed E-state index contributed by atoms with van der Waals surface area (Å²) in [5.74, 6) is 0. The maximum Gasteiger partial charge on any atom is 0.277 e. The molecule has 0 aliphatic heterocycles. The molecule has 0 atom stereocenters. The van der Waals surface area contributed by atoms with Gasteiger partial charge in [0.1, 0.15) is 11.4 Å². The highest BCUT2D eigenvalue weighted by molar-refractivity contribution is 5.78. The molecule has 0 radical (unpaired) electrons. The summed E-state index contributed by atoms with van der Waals surface area (Å²) in [6.45, 7) is 0. The lowest BCUT2D eigenvalue weighted by molar-refractivity contribution is 0.895. The van der Waals surface area contributed by atoms with Crippen molar-refractivity contribution >= 4 is 22.1 Å². The molecule has 6 aromatic rings. The summed E-state index contributed by atoms with van der Waals surface area (Å²) in [6.07, 6.45) is 0. The molecule has 0 fully saturated rings. The number of benzene rings is 4. The average Bonchev–Trinajstić information content (AvgIpc) is 2.94. The highest BCUT2D eigenvalue weighted by Crippen LogP contribution is 2.17. The summed E-state index contributed by atoms with van der Waals surface area (Å²) in [4.78, 5) is 33.5. The van der Waals surface area contributed by atoms with E-state index in [4.69, 9.17) is 0 Å². The van der Waals surface area contributed by atoms with Gasteiger partial charge in [0.05, 0.1) is 22.1 Å². The summed E-state index contributed by atoms with van der Waals surface area (Å²) in [5, 5.41) is 0. The lowest BCUT2D eigenvalue weighted by Gasteiger charge is -2.07. The van der Waals surface area contributed by atoms with Gasteiger partial charge < -0.3 is 9.13 Å². The molecule has 6 rings (SSSR count). The van der Waals surface area contributed by atoms with Crippen molar-refractivity contribution in [2.75, 3.05) is 0 Å². The summed E-state index contributed by atoms with van der Waals surface area (Å²) >= 11 is 0. The van der Waals surface area contributed by atoms with Crippen molar-refractivity contribution in [1.29, 1.82) is 0 Å². The fourth-order valence-corrected chi connectivity index (χ4v) is 4.13. The Morgan fingerprint density at radius 2 is 0.806 bits per heavy atom. The zero-order valence-electron chi connectivity index (χ0n) is 20.0. The zero-order chi connectivity index (χ0) is 25.1. The molecule has 4 aromatic carbocycles. The van der Waals surface area contributed by atoms with Crippen molar-refractivity contribution in [3.63, 3.8) is 0 Å². The van der Waals surface area contributed by atoms with Gasteiger partial charge in [-0.2, -0.15) is 0 Å². The molecule has 0 saturated carbocycles. The van der Waals surface area contributed by atoms with E-state index in [2.05, 4.69) is 9.97 Å². The van der Waals surface area contributed by atoms with Crippen LogP contribution in [0.5, 0.6) is 0 Å². The average molecular weight is 473 g/mol. The van der Waals surface area contributed by atoms with Crippen LogP contribution < -0.4 is 11.1 Å². The van der Waals surface area contributed by atoms with E-state index in [1.165, 1.54) is 0 Å². The first-order valence-corrected chi connectivity index (χ1v) is 11.6. The molecule has 6 heteroatoms. The minimum Gasteiger partial charge on any atom is -0.308 e. The van der Waals surface area contributed by atoms with Crippen molar-refractivity contribution in [3.05, 3.63) is 130 Å². The molecular weight excluding hydrogens is 448 g/mol. The number of para-hydroxylation sites is 4. The second kappa shape index (κ2) is 9.80. The van der Waals surface area contributed by atoms with Crippen LogP contribution in [0, 0.1) is 0 Å². The van der Waals surface area contributed by atoms with Crippen LogP contribution in [-0.4, -0.2) is 19.1 Å². The Balaban J connectivity index is 0.000000148. The van der Waals surface area contributed by atoms with E-state index in [0.717, 1.165) is 33.2 Å². The molecule has 0 aliphatic rings. The van der Waals surface area contributed by atoms with Crippen molar-refractivity contribution in [2.45, 2.75) is 0 Å². The van der Waals surface area contributed by atoms with E-state index < -0.39 is 0 Å². The lowest BCUT2D eigenvalue weighted by atomic mass is 10.1. The maximum absolute atomic E-state index is 12.3. The molecule has 2 aromatic heterocycles. The van der Waals surface area contributed by atoms with Crippen LogP contribution in [-0.2, 0) is 14.1 Å². The van der Waals surface area contributed by atoms with Crippen LogP contribution >= 0.6 is 0 Å². The van der Waals surface area contributed by atoms with Crippen molar-refractivity contribution in [1.82, 2.24) is 19.1 Å². The fourth-order valence-electron chi connectivity index (χ4n) is 4.13. The number of rotatable bonds is 2. The van der Waals surface area contributed by atoms with Gasteiger partial charge in [0.25, 0.3) is 11.1 Å². The van der Waals surface area contributed by atoms with Crippen LogP contribution in [0.25, 0.3) is 44.6 Å². The van der Waals surface area contributed by atoms with E-state index >= 15 is 0 Å². The molecule has 0 unspecified atom stereocenters. The predicted molar refractivity (Wildman–Crippen MR) is 145 cm³/mol. The third-order valence-electron chi connectivity index (χ3n) is 6.06. The van der Waals surface area contributed by atoms with Gasteiger partial charge in [-0.05, 0) is 24.3 Å². The van der Waals surface area contributed by atoms with Gasteiger partial charge in [-0.3, -0.25) is 9.59 Å². The highest BCUT2D eigenvalue weighted by atomic mass is 16.1. The standard InChI is InChI=1S/2C15H12N2O/c2*1-17-13-10-6-5-9-12(13)16-14(15(17)18)11-7-3-2-4-8-11/h2*2-10H,1H3. The fraction of sp³-hybridized carbons (Fsp3) is 0.0667. The summed E-state index contributed by atoms with van der Waals surface area (Å²) in [5.41, 5.74) is 5.92. The molecule has 0 aliphatic carbocycles. The molecule has 176 valence electrons. The first-order chi connectivity index (χ1) is 17.5. The molecule has 0 amide bonds. The Kier molecular flexibility index (Phi) is 6.24. The first-order valence-electron chi connectivity index (χ1n) is 11.6. The number of aryl methyl sites for hydroxylation is 2. The number of nitrogens with zero attached hydrogens (tertiary/aromatic N) is 4. The number of fused-ring (bicyclic) bond motifs is 2.